The first-order valence-electron chi connectivity index (χ1n) is 11.0. The molecular formula is C24H28N4O5S. The summed E-state index contributed by atoms with van der Waals surface area (Å²) in [5.41, 5.74) is 2.53. The van der Waals surface area contributed by atoms with Crippen molar-refractivity contribution in [3.8, 4) is 11.4 Å². The number of aromatic nitrogens is 2. The van der Waals surface area contributed by atoms with Crippen LogP contribution < -0.4 is 10.1 Å². The van der Waals surface area contributed by atoms with E-state index in [9.17, 15) is 13.2 Å². The molecule has 3 aromatic rings. The first-order valence-corrected chi connectivity index (χ1v) is 12.4. The van der Waals surface area contributed by atoms with Crippen LogP contribution in [0.3, 0.4) is 0 Å². The summed E-state index contributed by atoms with van der Waals surface area (Å²) in [4.78, 5) is 16.8. The number of amides is 1. The lowest BCUT2D eigenvalue weighted by atomic mass is 10.1. The summed E-state index contributed by atoms with van der Waals surface area (Å²) < 4.78 is 40.2. The van der Waals surface area contributed by atoms with Gasteiger partial charge >= 0.3 is 0 Å². The van der Waals surface area contributed by atoms with Gasteiger partial charge in [-0.15, -0.1) is 0 Å². The molecule has 0 saturated carbocycles. The van der Waals surface area contributed by atoms with Crippen molar-refractivity contribution >= 4 is 15.9 Å². The van der Waals surface area contributed by atoms with Crippen molar-refractivity contribution in [1.29, 1.82) is 0 Å². The Hall–Kier alpha value is -3.21. The Bertz CT molecular complexity index is 1220. The third-order valence-electron chi connectivity index (χ3n) is 5.75. The Labute approximate surface area is 199 Å². The molecule has 4 rings (SSSR count). The highest BCUT2D eigenvalue weighted by Gasteiger charge is 2.29. The smallest absolute Gasteiger partial charge is 0.246 e. The Morgan fingerprint density at radius 3 is 2.56 bits per heavy atom. The van der Waals surface area contributed by atoms with Gasteiger partial charge in [0.1, 0.15) is 10.6 Å². The highest BCUT2D eigenvalue weighted by molar-refractivity contribution is 7.89. The molecule has 180 valence electrons. The third-order valence-corrected chi connectivity index (χ3v) is 7.67. The summed E-state index contributed by atoms with van der Waals surface area (Å²) in [5.74, 6) is 0.0491. The molecule has 1 aliphatic heterocycles. The summed E-state index contributed by atoms with van der Waals surface area (Å²) in [5, 5.41) is 2.98. The molecule has 0 spiro atoms. The summed E-state index contributed by atoms with van der Waals surface area (Å²) >= 11 is 0. The zero-order valence-electron chi connectivity index (χ0n) is 19.2. The number of imidazole rings is 1. The number of sulfonamides is 1. The van der Waals surface area contributed by atoms with Crippen LogP contribution >= 0.6 is 0 Å². The normalized spacial score (nSPS) is 15.6. The molecule has 2 heterocycles. The minimum absolute atomic E-state index is 0.0487. The maximum atomic E-state index is 13.2. The number of rotatable bonds is 8. The van der Waals surface area contributed by atoms with Gasteiger partial charge in [-0.3, -0.25) is 4.79 Å². The topological polar surface area (TPSA) is 103 Å². The molecule has 0 aliphatic carbocycles. The number of hydrogen-bond donors (Lipinski definition) is 1. The van der Waals surface area contributed by atoms with E-state index in [1.54, 1.807) is 24.7 Å². The second-order valence-electron chi connectivity index (χ2n) is 8.03. The van der Waals surface area contributed by atoms with Crippen molar-refractivity contribution in [1.82, 2.24) is 19.2 Å². The summed E-state index contributed by atoms with van der Waals surface area (Å²) in [7, 11) is -2.33. The van der Waals surface area contributed by atoms with E-state index in [2.05, 4.69) is 10.3 Å². The van der Waals surface area contributed by atoms with E-state index in [1.165, 1.54) is 17.5 Å². The predicted octanol–water partition coefficient (Wildman–Crippen LogP) is 2.32. The van der Waals surface area contributed by atoms with Crippen molar-refractivity contribution in [3.05, 3.63) is 72.3 Å². The van der Waals surface area contributed by atoms with Gasteiger partial charge in [0.15, 0.2) is 0 Å². The molecule has 1 unspecified atom stereocenters. The summed E-state index contributed by atoms with van der Waals surface area (Å²) in [6, 6.07) is 12.5. The summed E-state index contributed by atoms with van der Waals surface area (Å²) in [6.45, 7) is 3.18. The van der Waals surface area contributed by atoms with Gasteiger partial charge in [0.2, 0.25) is 15.9 Å². The molecule has 1 saturated heterocycles. The number of carbonyl (C=O) groups is 1. The minimum Gasteiger partial charge on any atom is -0.495 e. The van der Waals surface area contributed by atoms with E-state index in [0.29, 0.717) is 18.8 Å². The lowest BCUT2D eigenvalue weighted by Crippen LogP contribution is -2.40. The molecule has 34 heavy (non-hydrogen) atoms. The average molecular weight is 485 g/mol. The lowest BCUT2D eigenvalue weighted by Gasteiger charge is -2.26. The number of carbonyl (C=O) groups excluding carboxylic acids is 1. The summed E-state index contributed by atoms with van der Waals surface area (Å²) in [6.07, 6.45) is 5.35. The van der Waals surface area contributed by atoms with Crippen molar-refractivity contribution in [2.24, 2.45) is 0 Å². The van der Waals surface area contributed by atoms with E-state index in [-0.39, 0.29) is 42.1 Å². The number of morpholine rings is 1. The predicted molar refractivity (Wildman–Crippen MR) is 126 cm³/mol. The van der Waals surface area contributed by atoms with Gasteiger partial charge in [-0.05, 0) is 42.3 Å². The van der Waals surface area contributed by atoms with Gasteiger partial charge in [0.05, 0.1) is 39.1 Å². The number of methoxy groups -OCH3 is 1. The van der Waals surface area contributed by atoms with E-state index in [0.717, 1.165) is 11.3 Å². The van der Waals surface area contributed by atoms with Crippen LogP contribution in [0, 0.1) is 0 Å². The average Bonchev–Trinajstić information content (AvgIpc) is 3.39. The van der Waals surface area contributed by atoms with E-state index >= 15 is 0 Å². The van der Waals surface area contributed by atoms with Crippen molar-refractivity contribution in [3.63, 3.8) is 0 Å². The highest BCUT2D eigenvalue weighted by atomic mass is 32.2. The monoisotopic (exact) mass is 484 g/mol. The van der Waals surface area contributed by atoms with Crippen LogP contribution in [0.2, 0.25) is 0 Å². The number of hydrogen-bond acceptors (Lipinski definition) is 6. The fourth-order valence-corrected chi connectivity index (χ4v) is 5.48. The molecule has 1 fully saturated rings. The molecule has 1 amide bonds. The molecular weight excluding hydrogens is 456 g/mol. The van der Waals surface area contributed by atoms with Crippen LogP contribution in [-0.2, 0) is 26.0 Å². The Morgan fingerprint density at radius 1 is 1.18 bits per heavy atom. The molecule has 10 heteroatoms. The minimum atomic E-state index is -3.76. The quantitative estimate of drug-likeness (QED) is 0.527. The first-order chi connectivity index (χ1) is 16.4. The molecule has 1 aromatic heterocycles. The maximum absolute atomic E-state index is 13.2. The zero-order chi connectivity index (χ0) is 24.1. The zero-order valence-corrected chi connectivity index (χ0v) is 20.0. The van der Waals surface area contributed by atoms with Crippen LogP contribution in [0.25, 0.3) is 5.69 Å². The Balaban J connectivity index is 1.45. The van der Waals surface area contributed by atoms with Gasteiger partial charge in [-0.25, -0.2) is 13.4 Å². The van der Waals surface area contributed by atoms with Crippen LogP contribution in [0.15, 0.2) is 66.1 Å². The second kappa shape index (κ2) is 10.4. The van der Waals surface area contributed by atoms with Gasteiger partial charge in [-0.2, -0.15) is 4.31 Å². The Kier molecular flexibility index (Phi) is 7.30. The number of nitrogens with zero attached hydrogens (tertiary/aromatic N) is 3. The molecule has 2 aromatic carbocycles. The van der Waals surface area contributed by atoms with Crippen molar-refractivity contribution < 1.29 is 22.7 Å². The van der Waals surface area contributed by atoms with Crippen molar-refractivity contribution in [2.75, 3.05) is 33.4 Å². The molecule has 1 atom stereocenters. The largest absolute Gasteiger partial charge is 0.495 e. The second-order valence-corrected chi connectivity index (χ2v) is 9.94. The fourth-order valence-electron chi connectivity index (χ4n) is 3.87. The third kappa shape index (κ3) is 5.30. The highest BCUT2D eigenvalue weighted by Crippen LogP contribution is 2.28. The standard InChI is InChI=1S/C24H28N4O5S/c1-18(20-4-6-21(7-5-20)27-10-9-25-17-27)26-24(29)16-19-3-8-22(32-2)23(15-19)34(30,31)28-11-13-33-14-12-28/h3-10,15,17-18H,11-14,16H2,1-2H3,(H,26,29). The number of ether oxygens (including phenoxy) is 2. The van der Waals surface area contributed by atoms with Gasteiger partial charge < -0.3 is 19.4 Å². The van der Waals surface area contributed by atoms with Gasteiger partial charge in [0, 0.05) is 31.2 Å². The van der Waals surface area contributed by atoms with E-state index < -0.39 is 10.0 Å². The van der Waals surface area contributed by atoms with Crippen LogP contribution in [-0.4, -0.2) is 61.6 Å². The van der Waals surface area contributed by atoms with Gasteiger partial charge in [0.25, 0.3) is 0 Å². The molecule has 1 aliphatic rings. The fraction of sp³-hybridized carbons (Fsp3) is 0.333. The van der Waals surface area contributed by atoms with Crippen LogP contribution in [0.5, 0.6) is 5.75 Å². The first kappa shape index (κ1) is 23.9. The van der Waals surface area contributed by atoms with E-state index in [4.69, 9.17) is 9.47 Å². The molecule has 9 nitrogen and oxygen atoms in total. The molecule has 1 N–H and O–H groups in total. The van der Waals surface area contributed by atoms with Crippen LogP contribution in [0.1, 0.15) is 24.1 Å². The number of benzene rings is 2. The van der Waals surface area contributed by atoms with Gasteiger partial charge in [-0.1, -0.05) is 18.2 Å². The van der Waals surface area contributed by atoms with E-state index in [1.807, 2.05) is 42.0 Å². The SMILES string of the molecule is COc1ccc(CC(=O)NC(C)c2ccc(-n3ccnc3)cc2)cc1S(=O)(=O)N1CCOCC1. The van der Waals surface area contributed by atoms with Crippen molar-refractivity contribution in [2.45, 2.75) is 24.3 Å². The maximum Gasteiger partial charge on any atom is 0.246 e. The Morgan fingerprint density at radius 2 is 1.91 bits per heavy atom. The number of nitrogens with one attached hydrogen (secondary N) is 1. The lowest BCUT2D eigenvalue weighted by molar-refractivity contribution is -0.121. The molecule has 0 radical (unpaired) electrons. The van der Waals surface area contributed by atoms with Crippen LogP contribution in [0.4, 0.5) is 0 Å². The molecule has 0 bridgehead atoms.